The van der Waals surface area contributed by atoms with Gasteiger partial charge in [-0.3, -0.25) is 14.4 Å². The molecule has 1 saturated heterocycles. The largest absolute Gasteiger partial charge is 0.484 e. The van der Waals surface area contributed by atoms with Gasteiger partial charge in [-0.25, -0.2) is 0 Å². The molecule has 0 saturated carbocycles. The summed E-state index contributed by atoms with van der Waals surface area (Å²) in [6, 6.07) is 12.7. The van der Waals surface area contributed by atoms with Gasteiger partial charge in [-0.1, -0.05) is 17.7 Å². The van der Waals surface area contributed by atoms with Gasteiger partial charge in [-0.2, -0.15) is 0 Å². The Kier molecular flexibility index (Phi) is 6.16. The van der Waals surface area contributed by atoms with Crippen LogP contribution in [0.15, 0.2) is 42.5 Å². The van der Waals surface area contributed by atoms with Crippen LogP contribution in [0.5, 0.6) is 5.75 Å². The first-order valence-electron chi connectivity index (χ1n) is 9.49. The zero-order valence-corrected chi connectivity index (χ0v) is 16.8. The lowest BCUT2D eigenvalue weighted by Gasteiger charge is -2.17. The molecule has 1 aliphatic heterocycles. The van der Waals surface area contributed by atoms with Crippen LogP contribution in [0, 0.1) is 19.8 Å². The Hall–Kier alpha value is -3.35. The van der Waals surface area contributed by atoms with Crippen molar-refractivity contribution in [3.63, 3.8) is 0 Å². The number of carbonyl (C=O) groups is 3. The second-order valence-corrected chi connectivity index (χ2v) is 7.17. The van der Waals surface area contributed by atoms with Crippen molar-refractivity contribution in [3.05, 3.63) is 53.6 Å². The van der Waals surface area contributed by atoms with Gasteiger partial charge < -0.3 is 20.3 Å². The third kappa shape index (κ3) is 4.93. The molecule has 0 bridgehead atoms. The van der Waals surface area contributed by atoms with Gasteiger partial charge in [0.05, 0.1) is 5.92 Å². The van der Waals surface area contributed by atoms with E-state index in [1.807, 2.05) is 32.0 Å². The summed E-state index contributed by atoms with van der Waals surface area (Å²) in [5.74, 6) is -0.267. The minimum Gasteiger partial charge on any atom is -0.484 e. The Morgan fingerprint density at radius 1 is 1.14 bits per heavy atom. The third-order valence-electron chi connectivity index (χ3n) is 4.92. The number of nitrogens with one attached hydrogen (secondary N) is 2. The van der Waals surface area contributed by atoms with Crippen LogP contribution >= 0.6 is 0 Å². The van der Waals surface area contributed by atoms with E-state index in [9.17, 15) is 14.4 Å². The monoisotopic (exact) mass is 395 g/mol. The van der Waals surface area contributed by atoms with E-state index in [-0.39, 0.29) is 36.7 Å². The maximum absolute atomic E-state index is 12.2. The Labute approximate surface area is 170 Å². The number of ether oxygens (including phenoxy) is 1. The molecular weight excluding hydrogens is 370 g/mol. The molecule has 2 N–H and O–H groups in total. The van der Waals surface area contributed by atoms with Crippen molar-refractivity contribution in [2.75, 3.05) is 30.4 Å². The van der Waals surface area contributed by atoms with Crippen LogP contribution in [0.1, 0.15) is 17.5 Å². The van der Waals surface area contributed by atoms with Gasteiger partial charge >= 0.3 is 0 Å². The molecule has 1 heterocycles. The first-order valence-corrected chi connectivity index (χ1v) is 9.49. The molecule has 0 spiro atoms. The van der Waals surface area contributed by atoms with Crippen molar-refractivity contribution in [1.82, 2.24) is 5.32 Å². The van der Waals surface area contributed by atoms with Crippen molar-refractivity contribution in [2.45, 2.75) is 20.3 Å². The van der Waals surface area contributed by atoms with Crippen LogP contribution in [-0.2, 0) is 14.4 Å². The minimum atomic E-state index is -0.336. The van der Waals surface area contributed by atoms with Crippen LogP contribution in [0.3, 0.4) is 0 Å². The van der Waals surface area contributed by atoms with Gasteiger partial charge in [0.25, 0.3) is 5.91 Å². The van der Waals surface area contributed by atoms with Gasteiger partial charge in [0.1, 0.15) is 5.75 Å². The molecule has 1 fully saturated rings. The van der Waals surface area contributed by atoms with E-state index in [2.05, 4.69) is 10.6 Å². The van der Waals surface area contributed by atoms with Crippen molar-refractivity contribution in [1.29, 1.82) is 0 Å². The normalized spacial score (nSPS) is 15.9. The van der Waals surface area contributed by atoms with Gasteiger partial charge in [0.2, 0.25) is 11.8 Å². The highest BCUT2D eigenvalue weighted by Crippen LogP contribution is 2.27. The van der Waals surface area contributed by atoms with E-state index in [0.717, 1.165) is 16.8 Å². The Morgan fingerprint density at radius 3 is 2.52 bits per heavy atom. The fraction of sp³-hybridized carbons (Fsp3) is 0.318. The zero-order valence-electron chi connectivity index (χ0n) is 16.8. The summed E-state index contributed by atoms with van der Waals surface area (Å²) in [6.45, 7) is 4.18. The van der Waals surface area contributed by atoms with Crippen molar-refractivity contribution in [2.24, 2.45) is 5.92 Å². The van der Waals surface area contributed by atoms with Crippen LogP contribution in [0.4, 0.5) is 11.4 Å². The van der Waals surface area contributed by atoms with Gasteiger partial charge in [0.15, 0.2) is 6.61 Å². The van der Waals surface area contributed by atoms with Crippen molar-refractivity contribution in [3.8, 4) is 5.75 Å². The highest BCUT2D eigenvalue weighted by Gasteiger charge is 2.34. The van der Waals surface area contributed by atoms with Crippen LogP contribution in [0.25, 0.3) is 0 Å². The van der Waals surface area contributed by atoms with Crippen LogP contribution < -0.4 is 20.3 Å². The lowest BCUT2D eigenvalue weighted by molar-refractivity contribution is -0.125. The molecule has 152 valence electrons. The summed E-state index contributed by atoms with van der Waals surface area (Å²) >= 11 is 0. The Bertz CT molecular complexity index is 924. The highest BCUT2D eigenvalue weighted by molar-refractivity contribution is 6.00. The average Bonchev–Trinajstić information content (AvgIpc) is 3.10. The topological polar surface area (TPSA) is 87.7 Å². The van der Waals surface area contributed by atoms with Crippen molar-refractivity contribution < 1.29 is 19.1 Å². The molecule has 1 unspecified atom stereocenters. The molecular formula is C22H25N3O4. The second kappa shape index (κ2) is 8.77. The fourth-order valence-electron chi connectivity index (χ4n) is 3.35. The van der Waals surface area contributed by atoms with E-state index in [0.29, 0.717) is 18.0 Å². The number of anilines is 2. The molecule has 1 atom stereocenters. The molecule has 0 aromatic heterocycles. The van der Waals surface area contributed by atoms with Gasteiger partial charge in [-0.05, 0) is 49.7 Å². The molecule has 3 amide bonds. The first kappa shape index (κ1) is 20.4. The molecule has 7 nitrogen and oxygen atoms in total. The third-order valence-corrected chi connectivity index (χ3v) is 4.92. The van der Waals surface area contributed by atoms with Crippen LogP contribution in [-0.4, -0.2) is 37.9 Å². The molecule has 3 rings (SSSR count). The number of carbonyl (C=O) groups excluding carboxylic acids is 3. The van der Waals surface area contributed by atoms with Gasteiger partial charge in [-0.15, -0.1) is 0 Å². The fourth-order valence-corrected chi connectivity index (χ4v) is 3.35. The predicted molar refractivity (Wildman–Crippen MR) is 111 cm³/mol. The molecule has 1 aliphatic rings. The molecule has 0 radical (unpaired) electrons. The number of hydrogen-bond acceptors (Lipinski definition) is 4. The maximum Gasteiger partial charge on any atom is 0.262 e. The van der Waals surface area contributed by atoms with E-state index < -0.39 is 0 Å². The van der Waals surface area contributed by atoms with Crippen molar-refractivity contribution >= 4 is 29.1 Å². The molecule has 2 aromatic rings. The summed E-state index contributed by atoms with van der Waals surface area (Å²) in [5.41, 5.74) is 3.59. The SMILES string of the molecule is CNC(=O)C1CC(=O)N(c2ccc(OCC(=O)Nc3ccc(C)cc3C)cc2)C1. The first-order chi connectivity index (χ1) is 13.9. The summed E-state index contributed by atoms with van der Waals surface area (Å²) in [6.07, 6.45) is 0.205. The second-order valence-electron chi connectivity index (χ2n) is 7.17. The summed E-state index contributed by atoms with van der Waals surface area (Å²) in [7, 11) is 1.57. The molecule has 0 aliphatic carbocycles. The van der Waals surface area contributed by atoms with E-state index in [4.69, 9.17) is 4.74 Å². The smallest absolute Gasteiger partial charge is 0.262 e. The lowest BCUT2D eigenvalue weighted by Crippen LogP contribution is -2.30. The van der Waals surface area contributed by atoms with Crippen LogP contribution in [0.2, 0.25) is 0 Å². The summed E-state index contributed by atoms with van der Waals surface area (Å²) in [4.78, 5) is 37.7. The van der Waals surface area contributed by atoms with E-state index in [1.54, 1.807) is 36.2 Å². The number of aryl methyl sites for hydroxylation is 2. The maximum atomic E-state index is 12.2. The predicted octanol–water partition coefficient (Wildman–Crippen LogP) is 2.42. The molecule has 7 heteroatoms. The average molecular weight is 395 g/mol. The van der Waals surface area contributed by atoms with E-state index >= 15 is 0 Å². The highest BCUT2D eigenvalue weighted by atomic mass is 16.5. The van der Waals surface area contributed by atoms with Gasteiger partial charge in [0, 0.05) is 31.4 Å². The molecule has 2 aromatic carbocycles. The summed E-state index contributed by atoms with van der Waals surface area (Å²) < 4.78 is 5.55. The number of hydrogen-bond donors (Lipinski definition) is 2. The molecule has 29 heavy (non-hydrogen) atoms. The number of benzene rings is 2. The van der Waals surface area contributed by atoms with E-state index in [1.165, 1.54) is 0 Å². The standard InChI is InChI=1S/C22H25N3O4/c1-14-4-9-19(15(2)10-14)24-20(26)13-29-18-7-5-17(6-8-18)25-12-16(11-21(25)27)22(28)23-3/h4-10,16H,11-13H2,1-3H3,(H,23,28)(H,24,26). The summed E-state index contributed by atoms with van der Waals surface area (Å²) in [5, 5.41) is 5.42. The number of nitrogens with zero attached hydrogens (tertiary/aromatic N) is 1. The lowest BCUT2D eigenvalue weighted by atomic mass is 10.1. The zero-order chi connectivity index (χ0) is 21.0. The quantitative estimate of drug-likeness (QED) is 0.786. The Morgan fingerprint density at radius 2 is 1.86 bits per heavy atom. The minimum absolute atomic E-state index is 0.0832. The number of amides is 3. The Balaban J connectivity index is 1.55. The number of rotatable bonds is 6.